The molecule has 0 aromatic heterocycles. The molecule has 3 aromatic carbocycles. The Bertz CT molecular complexity index is 1250. The highest BCUT2D eigenvalue weighted by molar-refractivity contribution is 6.04. The molecule has 0 radical (unpaired) electrons. The van der Waals surface area contributed by atoms with Crippen molar-refractivity contribution in [3.8, 4) is 11.5 Å². The van der Waals surface area contributed by atoms with Crippen LogP contribution in [0.1, 0.15) is 10.4 Å². The van der Waals surface area contributed by atoms with Crippen LogP contribution in [0.4, 0.5) is 5.69 Å². The van der Waals surface area contributed by atoms with Crippen LogP contribution in [0.5, 0.6) is 11.5 Å². The van der Waals surface area contributed by atoms with Crippen LogP contribution in [0, 0.1) is 0 Å². The van der Waals surface area contributed by atoms with E-state index in [9.17, 15) is 14.4 Å². The number of anilines is 1. The van der Waals surface area contributed by atoms with Crippen molar-refractivity contribution in [1.82, 2.24) is 9.80 Å². The normalized spacial score (nSPS) is 13.2. The van der Waals surface area contributed by atoms with Gasteiger partial charge in [-0.25, -0.2) is 0 Å². The molecule has 1 aliphatic rings. The lowest BCUT2D eigenvalue weighted by molar-refractivity contribution is -0.137. The molecule has 4 rings (SSSR count). The van der Waals surface area contributed by atoms with Crippen molar-refractivity contribution < 1.29 is 28.6 Å². The van der Waals surface area contributed by atoms with E-state index in [-0.39, 0.29) is 30.9 Å². The molecule has 1 fully saturated rings. The zero-order valence-corrected chi connectivity index (χ0v) is 20.4. The first kappa shape index (κ1) is 25.0. The molecule has 0 unspecified atom stereocenters. The molecule has 0 aliphatic carbocycles. The van der Waals surface area contributed by atoms with E-state index < -0.39 is 0 Å². The molecule has 0 bridgehead atoms. The molecule has 0 spiro atoms. The number of carbonyl (C=O) groups is 3. The zero-order chi connectivity index (χ0) is 25.5. The van der Waals surface area contributed by atoms with Gasteiger partial charge in [0.05, 0.1) is 26.9 Å². The van der Waals surface area contributed by atoms with Gasteiger partial charge in [0.25, 0.3) is 11.8 Å². The first-order valence-corrected chi connectivity index (χ1v) is 11.7. The summed E-state index contributed by atoms with van der Waals surface area (Å²) in [5, 5.41) is 4.83. The van der Waals surface area contributed by atoms with Crippen molar-refractivity contribution in [3.63, 3.8) is 0 Å². The number of nitrogens with zero attached hydrogens (tertiary/aromatic N) is 2. The molecular weight excluding hydrogens is 462 g/mol. The number of carbonyl (C=O) groups excluding carboxylic acids is 3. The summed E-state index contributed by atoms with van der Waals surface area (Å²) in [6.07, 6.45) is 0. The monoisotopic (exact) mass is 491 g/mol. The average molecular weight is 492 g/mol. The van der Waals surface area contributed by atoms with E-state index in [1.165, 1.54) is 18.1 Å². The van der Waals surface area contributed by atoms with Gasteiger partial charge in [-0.3, -0.25) is 14.4 Å². The Hall–Kier alpha value is -4.11. The number of rotatable bonds is 8. The topological polar surface area (TPSA) is 97.4 Å². The number of morpholine rings is 1. The van der Waals surface area contributed by atoms with Crippen LogP contribution in [-0.4, -0.2) is 81.1 Å². The standard InChI is InChI=1S/C27H29N3O6/c1-29(17-25(31)28-22-9-5-7-19-6-3-4-8-21(19)22)27(33)20-10-11-23(24(16-20)34-2)36-18-26(32)30-12-14-35-15-13-30/h3-11,16H,12-15,17-18H2,1-2H3,(H,28,31). The second-order valence-corrected chi connectivity index (χ2v) is 8.38. The summed E-state index contributed by atoms with van der Waals surface area (Å²) in [5.74, 6) is -0.123. The molecule has 0 atom stereocenters. The minimum absolute atomic E-state index is 0.128. The Morgan fingerprint density at radius 3 is 2.53 bits per heavy atom. The summed E-state index contributed by atoms with van der Waals surface area (Å²) in [7, 11) is 3.02. The number of amides is 3. The molecule has 0 saturated carbocycles. The van der Waals surface area contributed by atoms with E-state index in [1.807, 2.05) is 42.5 Å². The summed E-state index contributed by atoms with van der Waals surface area (Å²) >= 11 is 0. The molecule has 188 valence electrons. The van der Waals surface area contributed by atoms with Crippen LogP contribution in [0.3, 0.4) is 0 Å². The third kappa shape index (κ3) is 5.92. The molecule has 1 saturated heterocycles. The number of hydrogen-bond acceptors (Lipinski definition) is 6. The van der Waals surface area contributed by atoms with Gasteiger partial charge in [0.15, 0.2) is 18.1 Å². The average Bonchev–Trinajstić information content (AvgIpc) is 2.91. The third-order valence-electron chi connectivity index (χ3n) is 5.92. The predicted molar refractivity (Wildman–Crippen MR) is 135 cm³/mol. The lowest BCUT2D eigenvalue weighted by atomic mass is 10.1. The maximum absolute atomic E-state index is 13.0. The summed E-state index contributed by atoms with van der Waals surface area (Å²) < 4.78 is 16.3. The van der Waals surface area contributed by atoms with Gasteiger partial charge in [0, 0.05) is 36.8 Å². The van der Waals surface area contributed by atoms with Crippen LogP contribution < -0.4 is 14.8 Å². The third-order valence-corrected chi connectivity index (χ3v) is 5.92. The van der Waals surface area contributed by atoms with Gasteiger partial charge in [-0.1, -0.05) is 36.4 Å². The van der Waals surface area contributed by atoms with Crippen LogP contribution in [0.25, 0.3) is 10.8 Å². The molecular formula is C27H29N3O6. The predicted octanol–water partition coefficient (Wildman–Crippen LogP) is 2.80. The number of fused-ring (bicyclic) bond motifs is 1. The summed E-state index contributed by atoms with van der Waals surface area (Å²) in [5.41, 5.74) is 1.02. The lowest BCUT2D eigenvalue weighted by Gasteiger charge is -2.26. The van der Waals surface area contributed by atoms with Crippen LogP contribution in [0.15, 0.2) is 60.7 Å². The summed E-state index contributed by atoms with van der Waals surface area (Å²) in [4.78, 5) is 41.0. The van der Waals surface area contributed by atoms with Gasteiger partial charge < -0.3 is 29.3 Å². The number of ether oxygens (including phenoxy) is 3. The Labute approximate surface area is 209 Å². The number of methoxy groups -OCH3 is 1. The first-order chi connectivity index (χ1) is 17.5. The van der Waals surface area contributed by atoms with E-state index in [0.717, 1.165) is 10.8 Å². The van der Waals surface area contributed by atoms with Crippen LogP contribution in [-0.2, 0) is 14.3 Å². The molecule has 36 heavy (non-hydrogen) atoms. The maximum atomic E-state index is 13.0. The van der Waals surface area contributed by atoms with Crippen molar-refractivity contribution in [3.05, 3.63) is 66.2 Å². The van der Waals surface area contributed by atoms with E-state index >= 15 is 0 Å². The minimum Gasteiger partial charge on any atom is -0.493 e. The van der Waals surface area contributed by atoms with Gasteiger partial charge in [0.1, 0.15) is 0 Å². The Morgan fingerprint density at radius 2 is 1.75 bits per heavy atom. The molecule has 1 aliphatic heterocycles. The highest BCUT2D eigenvalue weighted by Crippen LogP contribution is 2.29. The molecule has 9 heteroatoms. The summed E-state index contributed by atoms with van der Waals surface area (Å²) in [6, 6.07) is 18.1. The maximum Gasteiger partial charge on any atom is 0.260 e. The molecule has 3 aromatic rings. The highest BCUT2D eigenvalue weighted by Gasteiger charge is 2.20. The van der Waals surface area contributed by atoms with E-state index in [4.69, 9.17) is 14.2 Å². The van der Waals surface area contributed by atoms with Gasteiger partial charge in [-0.05, 0) is 29.7 Å². The number of nitrogens with one attached hydrogen (secondary N) is 1. The lowest BCUT2D eigenvalue weighted by Crippen LogP contribution is -2.43. The zero-order valence-electron chi connectivity index (χ0n) is 20.4. The summed E-state index contributed by atoms with van der Waals surface area (Å²) in [6.45, 7) is 1.83. The number of benzene rings is 3. The quantitative estimate of drug-likeness (QED) is 0.521. The smallest absolute Gasteiger partial charge is 0.260 e. The molecule has 3 amide bonds. The second kappa shape index (κ2) is 11.5. The van der Waals surface area contributed by atoms with Crippen LogP contribution in [0.2, 0.25) is 0 Å². The fourth-order valence-electron chi connectivity index (χ4n) is 4.00. The Morgan fingerprint density at radius 1 is 1.00 bits per heavy atom. The van der Waals surface area contributed by atoms with Gasteiger partial charge in [-0.2, -0.15) is 0 Å². The largest absolute Gasteiger partial charge is 0.493 e. The fraction of sp³-hybridized carbons (Fsp3) is 0.296. The van der Waals surface area contributed by atoms with Crippen LogP contribution >= 0.6 is 0 Å². The minimum atomic E-state index is -0.350. The Kier molecular flexibility index (Phi) is 8.02. The van der Waals surface area contributed by atoms with E-state index in [2.05, 4.69) is 5.32 Å². The van der Waals surface area contributed by atoms with Gasteiger partial charge in [0.2, 0.25) is 5.91 Å². The first-order valence-electron chi connectivity index (χ1n) is 11.7. The van der Waals surface area contributed by atoms with Crippen molar-refractivity contribution in [2.24, 2.45) is 0 Å². The fourth-order valence-corrected chi connectivity index (χ4v) is 4.00. The van der Waals surface area contributed by atoms with Gasteiger partial charge in [-0.15, -0.1) is 0 Å². The van der Waals surface area contributed by atoms with Crippen molar-refractivity contribution >= 4 is 34.2 Å². The molecule has 9 nitrogen and oxygen atoms in total. The van der Waals surface area contributed by atoms with Gasteiger partial charge >= 0.3 is 0 Å². The number of hydrogen-bond donors (Lipinski definition) is 1. The van der Waals surface area contributed by atoms with E-state index in [1.54, 1.807) is 24.1 Å². The highest BCUT2D eigenvalue weighted by atomic mass is 16.5. The van der Waals surface area contributed by atoms with E-state index in [0.29, 0.717) is 49.1 Å². The second-order valence-electron chi connectivity index (χ2n) is 8.38. The van der Waals surface area contributed by atoms with Crippen molar-refractivity contribution in [2.45, 2.75) is 0 Å². The SMILES string of the molecule is COc1cc(C(=O)N(C)CC(=O)Nc2cccc3ccccc23)ccc1OCC(=O)N1CCOCC1. The van der Waals surface area contributed by atoms with Crippen molar-refractivity contribution in [2.75, 3.05) is 58.9 Å². The molecule has 1 N–H and O–H groups in total. The number of likely N-dealkylation sites (N-methyl/N-ethyl adjacent to an activating group) is 1. The molecule has 1 heterocycles. The Balaban J connectivity index is 1.36. The van der Waals surface area contributed by atoms with Crippen molar-refractivity contribution in [1.29, 1.82) is 0 Å².